The topological polar surface area (TPSA) is 35.2 Å². The van der Waals surface area contributed by atoms with Gasteiger partial charge in [0.2, 0.25) is 0 Å². The minimum absolute atomic E-state index is 0.231. The highest BCUT2D eigenvalue weighted by molar-refractivity contribution is 6.42. The van der Waals surface area contributed by atoms with E-state index >= 15 is 0 Å². The van der Waals surface area contributed by atoms with E-state index in [1.54, 1.807) is 0 Å². The highest BCUT2D eigenvalue weighted by Gasteiger charge is 2.53. The van der Waals surface area contributed by atoms with Crippen LogP contribution in [0.25, 0.3) is 0 Å². The normalized spacial score (nSPS) is 24.8. The van der Waals surface area contributed by atoms with Crippen molar-refractivity contribution >= 4 is 23.2 Å². The molecule has 4 heteroatoms. The van der Waals surface area contributed by atoms with Crippen molar-refractivity contribution in [3.63, 3.8) is 0 Å². The third-order valence-electron chi connectivity index (χ3n) is 4.43. The number of ether oxygens (including phenoxy) is 1. The first-order chi connectivity index (χ1) is 8.53. The molecule has 2 aliphatic rings. The molecule has 0 bridgehead atoms. The number of rotatable bonds is 1. The van der Waals surface area contributed by atoms with E-state index in [0.29, 0.717) is 15.5 Å². The molecule has 3 rings (SSSR count). The monoisotopic (exact) mass is 285 g/mol. The third kappa shape index (κ3) is 2.05. The summed E-state index contributed by atoms with van der Waals surface area (Å²) in [6, 6.07) is 5.75. The molecule has 98 valence electrons. The van der Waals surface area contributed by atoms with Crippen molar-refractivity contribution in [3.8, 4) is 0 Å². The van der Waals surface area contributed by atoms with Gasteiger partial charge < -0.3 is 10.5 Å². The summed E-state index contributed by atoms with van der Waals surface area (Å²) in [5.41, 5.74) is 7.78. The van der Waals surface area contributed by atoms with Crippen LogP contribution in [0.2, 0.25) is 10.0 Å². The fourth-order valence-electron chi connectivity index (χ4n) is 3.45. The van der Waals surface area contributed by atoms with Crippen molar-refractivity contribution in [2.75, 3.05) is 13.2 Å². The van der Waals surface area contributed by atoms with Crippen LogP contribution in [0.1, 0.15) is 31.2 Å². The van der Waals surface area contributed by atoms with Gasteiger partial charge in [-0.1, -0.05) is 29.3 Å². The van der Waals surface area contributed by atoms with E-state index < -0.39 is 0 Å². The van der Waals surface area contributed by atoms with E-state index in [-0.39, 0.29) is 5.54 Å². The molecular weight excluding hydrogens is 269 g/mol. The SMILES string of the molecule is NC1(c2ccc(Cl)c(Cl)c2)CC2(CCOCC2)C1. The lowest BCUT2D eigenvalue weighted by Gasteiger charge is -2.56. The fraction of sp³-hybridized carbons (Fsp3) is 0.571. The molecule has 1 aliphatic carbocycles. The Kier molecular flexibility index (Phi) is 3.10. The number of halogens is 2. The van der Waals surface area contributed by atoms with Crippen LogP contribution >= 0.6 is 23.2 Å². The minimum Gasteiger partial charge on any atom is -0.381 e. The number of benzene rings is 1. The largest absolute Gasteiger partial charge is 0.381 e. The number of hydrogen-bond donors (Lipinski definition) is 1. The van der Waals surface area contributed by atoms with Gasteiger partial charge in [0.25, 0.3) is 0 Å². The predicted octanol–water partition coefficient (Wildman–Crippen LogP) is 3.74. The second-order valence-corrected chi connectivity index (χ2v) is 6.57. The summed E-state index contributed by atoms with van der Waals surface area (Å²) in [5, 5.41) is 1.18. The summed E-state index contributed by atoms with van der Waals surface area (Å²) in [5.74, 6) is 0. The van der Waals surface area contributed by atoms with E-state index in [4.69, 9.17) is 33.7 Å². The van der Waals surface area contributed by atoms with Crippen LogP contribution in [0.4, 0.5) is 0 Å². The third-order valence-corrected chi connectivity index (χ3v) is 5.17. The molecule has 1 spiro atoms. The van der Waals surface area contributed by atoms with Gasteiger partial charge in [0.05, 0.1) is 10.0 Å². The maximum atomic E-state index is 6.51. The summed E-state index contributed by atoms with van der Waals surface area (Å²) < 4.78 is 5.43. The van der Waals surface area contributed by atoms with Gasteiger partial charge in [-0.2, -0.15) is 0 Å². The molecule has 2 fully saturated rings. The van der Waals surface area contributed by atoms with Crippen LogP contribution in [-0.4, -0.2) is 13.2 Å². The van der Waals surface area contributed by atoms with Crippen LogP contribution < -0.4 is 5.73 Å². The molecule has 1 aliphatic heterocycles. The van der Waals surface area contributed by atoms with Crippen LogP contribution in [0, 0.1) is 5.41 Å². The van der Waals surface area contributed by atoms with E-state index in [0.717, 1.165) is 44.5 Å². The van der Waals surface area contributed by atoms with Crippen molar-refractivity contribution in [3.05, 3.63) is 33.8 Å². The zero-order valence-electron chi connectivity index (χ0n) is 10.2. The minimum atomic E-state index is -0.231. The molecule has 18 heavy (non-hydrogen) atoms. The van der Waals surface area contributed by atoms with Gasteiger partial charge in [0.15, 0.2) is 0 Å². The highest BCUT2D eigenvalue weighted by Crippen LogP contribution is 2.57. The molecule has 2 nitrogen and oxygen atoms in total. The van der Waals surface area contributed by atoms with Gasteiger partial charge in [-0.05, 0) is 48.8 Å². The first-order valence-electron chi connectivity index (χ1n) is 6.35. The van der Waals surface area contributed by atoms with Crippen molar-refractivity contribution in [2.24, 2.45) is 11.1 Å². The average molecular weight is 286 g/mol. The summed E-state index contributed by atoms with van der Waals surface area (Å²) in [7, 11) is 0. The molecule has 1 heterocycles. The smallest absolute Gasteiger partial charge is 0.0595 e. The first kappa shape index (κ1) is 12.7. The quantitative estimate of drug-likeness (QED) is 0.853. The van der Waals surface area contributed by atoms with Crippen molar-refractivity contribution in [1.29, 1.82) is 0 Å². The summed E-state index contributed by atoms with van der Waals surface area (Å²) in [4.78, 5) is 0. The van der Waals surface area contributed by atoms with Crippen molar-refractivity contribution < 1.29 is 4.74 Å². The highest BCUT2D eigenvalue weighted by atomic mass is 35.5. The molecule has 0 atom stereocenters. The lowest BCUT2D eigenvalue weighted by molar-refractivity contribution is -0.0725. The second kappa shape index (κ2) is 4.38. The molecule has 0 amide bonds. The second-order valence-electron chi connectivity index (χ2n) is 5.75. The summed E-state index contributed by atoms with van der Waals surface area (Å²) in [6.45, 7) is 1.74. The van der Waals surface area contributed by atoms with E-state index in [2.05, 4.69) is 0 Å². The Morgan fingerprint density at radius 3 is 2.33 bits per heavy atom. The Hall–Kier alpha value is -0.280. The van der Waals surface area contributed by atoms with Crippen LogP contribution in [0.3, 0.4) is 0 Å². The molecule has 1 aromatic carbocycles. The molecule has 1 saturated heterocycles. The molecule has 1 saturated carbocycles. The Morgan fingerprint density at radius 2 is 1.72 bits per heavy atom. The van der Waals surface area contributed by atoms with Gasteiger partial charge in [-0.3, -0.25) is 0 Å². The Bertz CT molecular complexity index is 461. The molecular formula is C14H17Cl2NO. The average Bonchev–Trinajstić information content (AvgIpc) is 2.32. The van der Waals surface area contributed by atoms with Crippen molar-refractivity contribution in [2.45, 2.75) is 31.2 Å². The first-order valence-corrected chi connectivity index (χ1v) is 7.11. The van der Waals surface area contributed by atoms with E-state index in [1.807, 2.05) is 18.2 Å². The molecule has 0 aromatic heterocycles. The van der Waals surface area contributed by atoms with Gasteiger partial charge in [0.1, 0.15) is 0 Å². The van der Waals surface area contributed by atoms with Crippen molar-refractivity contribution in [1.82, 2.24) is 0 Å². The van der Waals surface area contributed by atoms with Gasteiger partial charge in [-0.25, -0.2) is 0 Å². The van der Waals surface area contributed by atoms with Crippen LogP contribution in [0.15, 0.2) is 18.2 Å². The lowest BCUT2D eigenvalue weighted by atomic mass is 9.52. The number of nitrogens with two attached hydrogens (primary N) is 1. The maximum Gasteiger partial charge on any atom is 0.0595 e. The predicted molar refractivity (Wildman–Crippen MR) is 74.0 cm³/mol. The van der Waals surface area contributed by atoms with Crippen LogP contribution in [0.5, 0.6) is 0 Å². The Balaban J connectivity index is 1.79. The zero-order chi connectivity index (χ0) is 12.8. The Morgan fingerprint density at radius 1 is 1.06 bits per heavy atom. The summed E-state index contributed by atoms with van der Waals surface area (Å²) >= 11 is 12.0. The maximum absolute atomic E-state index is 6.51. The van der Waals surface area contributed by atoms with E-state index in [9.17, 15) is 0 Å². The standard InChI is InChI=1S/C14H17Cl2NO/c15-11-2-1-10(7-12(11)16)14(17)8-13(9-14)3-5-18-6-4-13/h1-2,7H,3-6,8-9,17H2. The zero-order valence-corrected chi connectivity index (χ0v) is 11.7. The van der Waals surface area contributed by atoms with Gasteiger partial charge in [-0.15, -0.1) is 0 Å². The van der Waals surface area contributed by atoms with Crippen LogP contribution in [-0.2, 0) is 10.3 Å². The van der Waals surface area contributed by atoms with Gasteiger partial charge in [0, 0.05) is 18.8 Å². The fourth-order valence-corrected chi connectivity index (χ4v) is 3.75. The lowest BCUT2D eigenvalue weighted by Crippen LogP contribution is -2.57. The molecule has 1 aromatic rings. The Labute approximate surface area is 117 Å². The molecule has 0 unspecified atom stereocenters. The summed E-state index contributed by atoms with van der Waals surface area (Å²) in [6.07, 6.45) is 4.32. The van der Waals surface area contributed by atoms with Gasteiger partial charge >= 0.3 is 0 Å². The van der Waals surface area contributed by atoms with E-state index in [1.165, 1.54) is 0 Å². The molecule has 2 N–H and O–H groups in total. The number of hydrogen-bond acceptors (Lipinski definition) is 2. The molecule has 0 radical (unpaired) electrons.